The van der Waals surface area contributed by atoms with Gasteiger partial charge in [0.25, 0.3) is 0 Å². The van der Waals surface area contributed by atoms with E-state index in [1.165, 1.54) is 0 Å². The molecule has 1 amide bonds. The minimum Gasteiger partial charge on any atom is -0.356 e. The van der Waals surface area contributed by atoms with Gasteiger partial charge >= 0.3 is 0 Å². The number of nitrogens with one attached hydrogen (secondary N) is 1. The van der Waals surface area contributed by atoms with Gasteiger partial charge in [0.15, 0.2) is 0 Å². The van der Waals surface area contributed by atoms with E-state index in [1.807, 2.05) is 6.92 Å². The molecule has 0 bridgehead atoms. The van der Waals surface area contributed by atoms with Crippen LogP contribution in [-0.4, -0.2) is 12.5 Å². The van der Waals surface area contributed by atoms with Crippen LogP contribution in [0.25, 0.3) is 0 Å². The van der Waals surface area contributed by atoms with Crippen molar-refractivity contribution in [1.82, 2.24) is 5.32 Å². The second kappa shape index (κ2) is 4.16. The molecule has 0 saturated carbocycles. The highest BCUT2D eigenvalue weighted by molar-refractivity contribution is 5.80. The van der Waals surface area contributed by atoms with Crippen LogP contribution in [-0.2, 0) is 4.79 Å². The van der Waals surface area contributed by atoms with Crippen molar-refractivity contribution in [3.63, 3.8) is 0 Å². The first-order valence-electron chi connectivity index (χ1n) is 5.43. The number of carbonyl (C=O) groups excluding carboxylic acids is 1. The van der Waals surface area contributed by atoms with E-state index in [-0.39, 0.29) is 17.2 Å². The van der Waals surface area contributed by atoms with E-state index in [4.69, 9.17) is 0 Å². The van der Waals surface area contributed by atoms with E-state index in [1.54, 1.807) is 0 Å². The monoisotopic (exact) mass is 195 g/mol. The fourth-order valence-corrected chi connectivity index (χ4v) is 2.41. The topological polar surface area (TPSA) is 29.1 Å². The fraction of sp³-hybridized carbons (Fsp3) is 0.750. The lowest BCUT2D eigenvalue weighted by Gasteiger charge is -2.38. The minimum absolute atomic E-state index is 0.0907. The zero-order valence-electron chi connectivity index (χ0n) is 9.63. The van der Waals surface area contributed by atoms with Crippen molar-refractivity contribution in [2.24, 2.45) is 17.3 Å². The lowest BCUT2D eigenvalue weighted by molar-refractivity contribution is -0.130. The summed E-state index contributed by atoms with van der Waals surface area (Å²) in [7, 11) is 0. The number of hydrogen-bond donors (Lipinski definition) is 1. The van der Waals surface area contributed by atoms with E-state index in [0.29, 0.717) is 5.92 Å². The first kappa shape index (κ1) is 11.3. The molecule has 0 aliphatic heterocycles. The molecule has 2 unspecified atom stereocenters. The normalized spacial score (nSPS) is 30.0. The predicted octanol–water partition coefficient (Wildman–Crippen LogP) is 2.36. The van der Waals surface area contributed by atoms with E-state index >= 15 is 0 Å². The molecule has 0 aromatic rings. The summed E-state index contributed by atoms with van der Waals surface area (Å²) in [5.74, 6) is 0.673. The summed E-state index contributed by atoms with van der Waals surface area (Å²) in [6.45, 7) is 9.16. The molecule has 0 saturated heterocycles. The van der Waals surface area contributed by atoms with Gasteiger partial charge in [0, 0.05) is 12.5 Å². The molecule has 0 spiro atoms. The molecule has 80 valence electrons. The Morgan fingerprint density at radius 3 is 2.71 bits per heavy atom. The Balaban J connectivity index is 2.82. The lowest BCUT2D eigenvalue weighted by Crippen LogP contribution is -2.43. The van der Waals surface area contributed by atoms with Gasteiger partial charge < -0.3 is 5.32 Å². The smallest absolute Gasteiger partial charge is 0.224 e. The SMILES string of the molecule is CCNC(=O)C1C(C)C=CCC1(C)C. The maximum atomic E-state index is 11.9. The Hall–Kier alpha value is -0.790. The Morgan fingerprint density at radius 2 is 2.21 bits per heavy atom. The molecular formula is C12H21NO. The average Bonchev–Trinajstić information content (AvgIpc) is 2.02. The molecular weight excluding hydrogens is 174 g/mol. The Kier molecular flexibility index (Phi) is 3.35. The van der Waals surface area contributed by atoms with Crippen LogP contribution in [0.15, 0.2) is 12.2 Å². The van der Waals surface area contributed by atoms with Crippen LogP contribution in [0.4, 0.5) is 0 Å². The molecule has 0 aromatic heterocycles. The van der Waals surface area contributed by atoms with Crippen LogP contribution in [0.5, 0.6) is 0 Å². The summed E-state index contributed by atoms with van der Waals surface area (Å²) in [4.78, 5) is 11.9. The highest BCUT2D eigenvalue weighted by Crippen LogP contribution is 2.40. The summed E-state index contributed by atoms with van der Waals surface area (Å²) < 4.78 is 0. The van der Waals surface area contributed by atoms with Crippen LogP contribution in [0.2, 0.25) is 0 Å². The van der Waals surface area contributed by atoms with Crippen molar-refractivity contribution in [3.8, 4) is 0 Å². The Bertz CT molecular complexity index is 243. The van der Waals surface area contributed by atoms with Gasteiger partial charge in [-0.3, -0.25) is 4.79 Å². The van der Waals surface area contributed by atoms with Crippen molar-refractivity contribution in [2.75, 3.05) is 6.54 Å². The predicted molar refractivity (Wildman–Crippen MR) is 58.9 cm³/mol. The number of hydrogen-bond acceptors (Lipinski definition) is 1. The maximum Gasteiger partial charge on any atom is 0.224 e. The highest BCUT2D eigenvalue weighted by Gasteiger charge is 2.39. The van der Waals surface area contributed by atoms with Crippen LogP contribution in [0, 0.1) is 17.3 Å². The zero-order chi connectivity index (χ0) is 10.8. The summed E-state index contributed by atoms with van der Waals surface area (Å²) in [6, 6.07) is 0. The van der Waals surface area contributed by atoms with E-state index in [9.17, 15) is 4.79 Å². The van der Waals surface area contributed by atoms with Gasteiger partial charge in [0.05, 0.1) is 0 Å². The van der Waals surface area contributed by atoms with Gasteiger partial charge in [-0.1, -0.05) is 32.9 Å². The lowest BCUT2D eigenvalue weighted by atomic mass is 9.67. The third kappa shape index (κ3) is 2.17. The van der Waals surface area contributed by atoms with Gasteiger partial charge in [-0.15, -0.1) is 0 Å². The fourth-order valence-electron chi connectivity index (χ4n) is 2.41. The molecule has 1 aliphatic carbocycles. The van der Waals surface area contributed by atoms with Crippen molar-refractivity contribution in [2.45, 2.75) is 34.1 Å². The molecule has 0 radical (unpaired) electrons. The average molecular weight is 195 g/mol. The number of allylic oxidation sites excluding steroid dienone is 2. The second-order valence-electron chi connectivity index (χ2n) is 4.85. The third-order valence-electron chi connectivity index (χ3n) is 3.08. The van der Waals surface area contributed by atoms with Crippen LogP contribution in [0.3, 0.4) is 0 Å². The number of rotatable bonds is 2. The number of carbonyl (C=O) groups is 1. The molecule has 2 atom stereocenters. The third-order valence-corrected chi connectivity index (χ3v) is 3.08. The van der Waals surface area contributed by atoms with Crippen LogP contribution >= 0.6 is 0 Å². The van der Waals surface area contributed by atoms with Gasteiger partial charge in [0.1, 0.15) is 0 Å². The molecule has 2 heteroatoms. The summed E-state index contributed by atoms with van der Waals surface area (Å²) in [5.41, 5.74) is 0.0907. The van der Waals surface area contributed by atoms with Crippen LogP contribution in [0.1, 0.15) is 34.1 Å². The van der Waals surface area contributed by atoms with Crippen LogP contribution < -0.4 is 5.32 Å². The molecule has 14 heavy (non-hydrogen) atoms. The molecule has 2 nitrogen and oxygen atoms in total. The van der Waals surface area contributed by atoms with Gasteiger partial charge in [0.2, 0.25) is 5.91 Å². The van der Waals surface area contributed by atoms with E-state index in [0.717, 1.165) is 13.0 Å². The Labute approximate surface area is 86.8 Å². The Morgan fingerprint density at radius 1 is 1.57 bits per heavy atom. The van der Waals surface area contributed by atoms with E-state index in [2.05, 4.69) is 38.2 Å². The van der Waals surface area contributed by atoms with Gasteiger partial charge in [-0.05, 0) is 24.7 Å². The van der Waals surface area contributed by atoms with Crippen molar-refractivity contribution < 1.29 is 4.79 Å². The molecule has 0 aromatic carbocycles. The summed E-state index contributed by atoms with van der Waals surface area (Å²) in [5, 5.41) is 2.93. The van der Waals surface area contributed by atoms with Crippen molar-refractivity contribution >= 4 is 5.91 Å². The first-order chi connectivity index (χ1) is 6.49. The quantitative estimate of drug-likeness (QED) is 0.673. The van der Waals surface area contributed by atoms with E-state index < -0.39 is 0 Å². The van der Waals surface area contributed by atoms with Crippen molar-refractivity contribution in [1.29, 1.82) is 0 Å². The molecule has 1 aliphatic rings. The largest absolute Gasteiger partial charge is 0.356 e. The van der Waals surface area contributed by atoms with Gasteiger partial charge in [-0.2, -0.15) is 0 Å². The maximum absolute atomic E-state index is 11.9. The molecule has 0 heterocycles. The standard InChI is InChI=1S/C12H21NO/c1-5-13-11(14)10-9(2)7-6-8-12(10,3)4/h6-7,9-10H,5,8H2,1-4H3,(H,13,14). The summed E-state index contributed by atoms with van der Waals surface area (Å²) in [6.07, 6.45) is 5.35. The van der Waals surface area contributed by atoms with Crippen molar-refractivity contribution in [3.05, 3.63) is 12.2 Å². The second-order valence-corrected chi connectivity index (χ2v) is 4.85. The molecule has 0 fully saturated rings. The van der Waals surface area contributed by atoms with Gasteiger partial charge in [-0.25, -0.2) is 0 Å². The first-order valence-corrected chi connectivity index (χ1v) is 5.43. The number of amides is 1. The molecule has 1 N–H and O–H groups in total. The minimum atomic E-state index is 0.0907. The zero-order valence-corrected chi connectivity index (χ0v) is 9.63. The molecule has 1 rings (SSSR count). The highest BCUT2D eigenvalue weighted by atomic mass is 16.1. The summed E-state index contributed by atoms with van der Waals surface area (Å²) >= 11 is 0.